The number of carbonyl (C=O) groups is 4. The first-order chi connectivity index (χ1) is 24.1. The summed E-state index contributed by atoms with van der Waals surface area (Å²) in [7, 11) is 0. The van der Waals surface area contributed by atoms with Gasteiger partial charge in [0.05, 0.1) is 51.4 Å². The molecule has 2 saturated carbocycles. The van der Waals surface area contributed by atoms with Crippen LogP contribution in [0, 0.1) is 17.3 Å². The number of aliphatic hydroxyl groups excluding tert-OH is 1. The molecular weight excluding hydrogens is 660 g/mol. The Kier molecular flexibility index (Phi) is 9.41. The van der Waals surface area contributed by atoms with Crippen molar-refractivity contribution in [3.8, 4) is 0 Å². The molecule has 10 unspecified atom stereocenters. The fraction of sp³-hybridized carbons (Fsp3) is 0.487. The number of hydrogen-bond donors (Lipinski definition) is 2. The molecule has 3 aromatic rings. The van der Waals surface area contributed by atoms with Crippen molar-refractivity contribution in [1.29, 1.82) is 0 Å². The Morgan fingerprint density at radius 3 is 1.88 bits per heavy atom. The zero-order valence-corrected chi connectivity index (χ0v) is 29.4. The molecule has 1 aliphatic heterocycles. The molecule has 2 bridgehead atoms. The summed E-state index contributed by atoms with van der Waals surface area (Å²) in [4.78, 5) is 54.9. The van der Waals surface area contributed by atoms with E-state index in [2.05, 4.69) is 0 Å². The molecule has 51 heavy (non-hydrogen) atoms. The van der Waals surface area contributed by atoms with Crippen LogP contribution in [-0.2, 0) is 28.5 Å². The summed E-state index contributed by atoms with van der Waals surface area (Å²) in [5, 5.41) is 25.2. The van der Waals surface area contributed by atoms with Crippen molar-refractivity contribution in [2.75, 3.05) is 0 Å². The molecule has 2 heterocycles. The first-order valence-corrected chi connectivity index (χ1v) is 17.2. The summed E-state index contributed by atoms with van der Waals surface area (Å²) in [5.41, 5.74) is -6.87. The van der Waals surface area contributed by atoms with Crippen molar-refractivity contribution in [2.24, 2.45) is 17.3 Å². The number of ether oxygens (including phenoxy) is 5. The normalized spacial score (nSPS) is 34.0. The summed E-state index contributed by atoms with van der Waals surface area (Å²) < 4.78 is 36.8. The molecule has 2 N–H and O–H groups in total. The van der Waals surface area contributed by atoms with Gasteiger partial charge in [0.15, 0.2) is 6.10 Å². The first-order valence-electron chi connectivity index (χ1n) is 17.2. The molecule has 6 rings (SSSR count). The highest BCUT2D eigenvalue weighted by atomic mass is 16.6. The van der Waals surface area contributed by atoms with Gasteiger partial charge in [-0.3, -0.25) is 4.79 Å². The van der Waals surface area contributed by atoms with Crippen LogP contribution in [0.3, 0.4) is 0 Å². The van der Waals surface area contributed by atoms with Crippen molar-refractivity contribution in [3.63, 3.8) is 0 Å². The van der Waals surface area contributed by atoms with Crippen molar-refractivity contribution >= 4 is 23.9 Å². The number of furan rings is 1. The Morgan fingerprint density at radius 1 is 0.784 bits per heavy atom. The topological polar surface area (TPSA) is 168 Å². The third-order valence-corrected chi connectivity index (χ3v) is 11.1. The highest BCUT2D eigenvalue weighted by molar-refractivity contribution is 5.91. The highest BCUT2D eigenvalue weighted by Gasteiger charge is 2.86. The lowest BCUT2D eigenvalue weighted by molar-refractivity contribution is -0.349. The molecule has 0 radical (unpaired) electrons. The molecule has 10 atom stereocenters. The minimum atomic E-state index is -2.03. The molecule has 1 spiro atoms. The van der Waals surface area contributed by atoms with E-state index in [0.717, 1.165) is 0 Å². The third kappa shape index (κ3) is 5.83. The molecule has 3 fully saturated rings. The largest absolute Gasteiger partial charge is 0.472 e. The van der Waals surface area contributed by atoms with Crippen LogP contribution in [0.25, 0.3) is 0 Å². The maximum atomic E-state index is 14.0. The summed E-state index contributed by atoms with van der Waals surface area (Å²) in [6, 6.07) is 17.7. The van der Waals surface area contributed by atoms with Gasteiger partial charge in [0.25, 0.3) is 0 Å². The minimum absolute atomic E-state index is 0.0716. The Bertz CT molecular complexity index is 1750. The summed E-state index contributed by atoms with van der Waals surface area (Å²) >= 11 is 0. The van der Waals surface area contributed by atoms with Crippen LogP contribution >= 0.6 is 0 Å². The van der Waals surface area contributed by atoms with E-state index in [1.54, 1.807) is 88.4 Å². The van der Waals surface area contributed by atoms with Crippen LogP contribution in [-0.4, -0.2) is 81.4 Å². The molecule has 2 aliphatic carbocycles. The molecule has 3 aliphatic rings. The van der Waals surface area contributed by atoms with E-state index in [9.17, 15) is 29.4 Å². The van der Waals surface area contributed by atoms with E-state index in [-0.39, 0.29) is 23.1 Å². The second-order valence-electron chi connectivity index (χ2n) is 14.7. The smallest absolute Gasteiger partial charge is 0.341 e. The van der Waals surface area contributed by atoms with E-state index in [0.29, 0.717) is 6.42 Å². The van der Waals surface area contributed by atoms with Crippen LogP contribution in [0.5, 0.6) is 0 Å². The monoisotopic (exact) mass is 704 g/mol. The SMILES string of the molecule is CCC(C)C(=O)OC1C(O)C2C(OC(=O)c3ccoc3)C3(OC2(C)C)C(C)(O)CC(OC(=O)c2ccccc2)C(OC(=O)c2ccccc2)C13C. The van der Waals surface area contributed by atoms with E-state index >= 15 is 0 Å². The molecule has 1 aromatic heterocycles. The Labute approximate surface area is 296 Å². The van der Waals surface area contributed by atoms with Gasteiger partial charge in [0.2, 0.25) is 0 Å². The second kappa shape index (κ2) is 13.2. The Morgan fingerprint density at radius 2 is 1.33 bits per heavy atom. The molecule has 2 aromatic carbocycles. The lowest BCUT2D eigenvalue weighted by Crippen LogP contribution is -2.83. The minimum Gasteiger partial charge on any atom is -0.472 e. The van der Waals surface area contributed by atoms with Gasteiger partial charge >= 0.3 is 23.9 Å². The van der Waals surface area contributed by atoms with Gasteiger partial charge in [-0.05, 0) is 64.4 Å². The average molecular weight is 705 g/mol. The molecular formula is C39H44O12. The van der Waals surface area contributed by atoms with Crippen LogP contribution in [0.15, 0.2) is 83.7 Å². The van der Waals surface area contributed by atoms with Gasteiger partial charge in [-0.2, -0.15) is 0 Å². The van der Waals surface area contributed by atoms with Gasteiger partial charge in [-0.25, -0.2) is 14.4 Å². The van der Waals surface area contributed by atoms with E-state index in [4.69, 9.17) is 28.1 Å². The fourth-order valence-electron chi connectivity index (χ4n) is 8.49. The zero-order valence-electron chi connectivity index (χ0n) is 29.4. The quantitative estimate of drug-likeness (QED) is 0.228. The van der Waals surface area contributed by atoms with E-state index in [1.165, 1.54) is 25.5 Å². The molecule has 1 saturated heterocycles. The fourth-order valence-corrected chi connectivity index (χ4v) is 8.49. The predicted molar refractivity (Wildman–Crippen MR) is 179 cm³/mol. The van der Waals surface area contributed by atoms with Crippen LogP contribution in [0.1, 0.15) is 85.5 Å². The lowest BCUT2D eigenvalue weighted by atomic mass is 9.46. The predicted octanol–water partition coefficient (Wildman–Crippen LogP) is 4.91. The molecule has 0 amide bonds. The average Bonchev–Trinajstić information content (AvgIpc) is 3.72. The maximum absolute atomic E-state index is 14.0. The van der Waals surface area contributed by atoms with Gasteiger partial charge in [0, 0.05) is 6.42 Å². The Hall–Kier alpha value is -4.52. The molecule has 12 heteroatoms. The summed E-state index contributed by atoms with van der Waals surface area (Å²) in [5.74, 6) is -4.71. The number of benzene rings is 2. The van der Waals surface area contributed by atoms with Crippen molar-refractivity contribution in [3.05, 3.63) is 95.9 Å². The van der Waals surface area contributed by atoms with E-state index in [1.807, 2.05) is 6.92 Å². The van der Waals surface area contributed by atoms with Gasteiger partial charge in [-0.1, -0.05) is 50.2 Å². The number of esters is 4. The standard InChI is InChI=1S/C39H44O12/c1-7-22(2)32(41)50-31-28(40)27-30(49-35(44)25-18-19-46-21-25)39(51-36(27,3)4)37(5,45)20-26(47-33(42)23-14-10-8-11-15-23)29(38(31,39)6)48-34(43)24-16-12-9-13-17-24/h8-19,21-22,26-31,40,45H,7,20H2,1-6H3. The van der Waals surface area contributed by atoms with Gasteiger partial charge in [0.1, 0.15) is 36.3 Å². The number of aliphatic hydroxyl groups is 2. The van der Waals surface area contributed by atoms with Crippen LogP contribution < -0.4 is 0 Å². The summed E-state index contributed by atoms with van der Waals surface area (Å²) in [6.45, 7) is 9.83. The molecule has 12 nitrogen and oxygen atoms in total. The van der Waals surface area contributed by atoms with Crippen LogP contribution in [0.2, 0.25) is 0 Å². The lowest BCUT2D eigenvalue weighted by Gasteiger charge is -2.65. The van der Waals surface area contributed by atoms with Gasteiger partial charge < -0.3 is 38.3 Å². The number of rotatable bonds is 9. The number of fused-ring (bicyclic) bond motifs is 1. The van der Waals surface area contributed by atoms with E-state index < -0.39 is 88.5 Å². The van der Waals surface area contributed by atoms with Gasteiger partial charge in [-0.15, -0.1) is 0 Å². The highest BCUT2D eigenvalue weighted by Crippen LogP contribution is 2.69. The third-order valence-electron chi connectivity index (χ3n) is 11.1. The van der Waals surface area contributed by atoms with Crippen molar-refractivity contribution < 1.29 is 57.5 Å². The maximum Gasteiger partial charge on any atom is 0.341 e. The number of carbonyl (C=O) groups excluding carboxylic acids is 4. The first kappa shape index (κ1) is 36.3. The Balaban J connectivity index is 1.57. The zero-order chi connectivity index (χ0) is 36.9. The van der Waals surface area contributed by atoms with Crippen LogP contribution in [0.4, 0.5) is 0 Å². The second-order valence-corrected chi connectivity index (χ2v) is 14.7. The molecule has 272 valence electrons. The van der Waals surface area contributed by atoms with Crippen molar-refractivity contribution in [2.45, 2.75) is 102 Å². The number of hydrogen-bond acceptors (Lipinski definition) is 12. The van der Waals surface area contributed by atoms with Crippen molar-refractivity contribution in [1.82, 2.24) is 0 Å². The summed E-state index contributed by atoms with van der Waals surface area (Å²) in [6.07, 6.45) is -4.86.